The molecule has 0 saturated heterocycles. The average Bonchev–Trinajstić information content (AvgIpc) is 2.87. The first-order chi connectivity index (χ1) is 17.3. The highest BCUT2D eigenvalue weighted by Crippen LogP contribution is 2.26. The summed E-state index contributed by atoms with van der Waals surface area (Å²) in [6, 6.07) is 22.3. The molecule has 1 N–H and O–H groups in total. The molecule has 3 rings (SSSR count). The first-order valence-electron chi connectivity index (χ1n) is 12.0. The van der Waals surface area contributed by atoms with Crippen molar-refractivity contribution in [2.45, 2.75) is 57.1 Å². The lowest BCUT2D eigenvalue weighted by atomic mass is 10.0. The summed E-state index contributed by atoms with van der Waals surface area (Å²) < 4.78 is 0. The van der Waals surface area contributed by atoms with E-state index >= 15 is 0 Å². The van der Waals surface area contributed by atoms with Crippen LogP contribution in [0.5, 0.6) is 0 Å². The minimum Gasteiger partial charge on any atom is -0.352 e. The van der Waals surface area contributed by atoms with Gasteiger partial charge in [0, 0.05) is 33.9 Å². The Morgan fingerprint density at radius 1 is 1.00 bits per heavy atom. The predicted octanol–water partition coefficient (Wildman–Crippen LogP) is 6.95. The van der Waals surface area contributed by atoms with Gasteiger partial charge in [-0.3, -0.25) is 9.59 Å². The second-order valence-corrected chi connectivity index (χ2v) is 10.8. The molecule has 0 fully saturated rings. The third-order valence-corrected chi connectivity index (χ3v) is 7.59. The molecule has 0 heterocycles. The van der Waals surface area contributed by atoms with E-state index in [1.807, 2.05) is 81.4 Å². The molecule has 0 aliphatic heterocycles. The Morgan fingerprint density at radius 2 is 1.69 bits per heavy atom. The minimum absolute atomic E-state index is 0.00576. The largest absolute Gasteiger partial charge is 0.352 e. The number of aryl methyl sites for hydroxylation is 1. The van der Waals surface area contributed by atoms with Gasteiger partial charge in [0.1, 0.15) is 6.04 Å². The van der Waals surface area contributed by atoms with E-state index in [2.05, 4.69) is 5.32 Å². The van der Waals surface area contributed by atoms with E-state index in [9.17, 15) is 9.59 Å². The van der Waals surface area contributed by atoms with Gasteiger partial charge < -0.3 is 10.2 Å². The smallest absolute Gasteiger partial charge is 0.243 e. The van der Waals surface area contributed by atoms with Gasteiger partial charge in [-0.1, -0.05) is 84.2 Å². The lowest BCUT2D eigenvalue weighted by Gasteiger charge is -2.32. The van der Waals surface area contributed by atoms with Crippen LogP contribution in [0.15, 0.2) is 77.7 Å². The third-order valence-electron chi connectivity index (χ3n) is 6.01. The lowest BCUT2D eigenvalue weighted by molar-refractivity contribution is -0.139. The van der Waals surface area contributed by atoms with Crippen molar-refractivity contribution >= 4 is 46.8 Å². The van der Waals surface area contributed by atoms with E-state index in [4.69, 9.17) is 23.2 Å². The second-order valence-electron chi connectivity index (χ2n) is 8.88. The number of rotatable bonds is 11. The normalized spacial score (nSPS) is 12.6. The molecule has 190 valence electrons. The van der Waals surface area contributed by atoms with Crippen LogP contribution in [-0.4, -0.2) is 34.6 Å². The molecule has 3 aromatic carbocycles. The molecule has 4 nitrogen and oxygen atoms in total. The Balaban J connectivity index is 1.93. The third kappa shape index (κ3) is 8.29. The monoisotopic (exact) mass is 542 g/mol. The highest BCUT2D eigenvalue weighted by Gasteiger charge is 2.31. The van der Waals surface area contributed by atoms with Crippen LogP contribution in [0.3, 0.4) is 0 Å². The fraction of sp³-hybridized carbons (Fsp3) is 0.310. The first kappa shape index (κ1) is 28.1. The van der Waals surface area contributed by atoms with Crippen molar-refractivity contribution in [3.63, 3.8) is 0 Å². The van der Waals surface area contributed by atoms with Crippen LogP contribution in [0, 0.1) is 6.92 Å². The van der Waals surface area contributed by atoms with Crippen LogP contribution in [0.25, 0.3) is 0 Å². The van der Waals surface area contributed by atoms with E-state index in [0.29, 0.717) is 16.5 Å². The van der Waals surface area contributed by atoms with Gasteiger partial charge in [0.25, 0.3) is 0 Å². The lowest BCUT2D eigenvalue weighted by Crippen LogP contribution is -2.52. The number of hydrogen-bond acceptors (Lipinski definition) is 3. The summed E-state index contributed by atoms with van der Waals surface area (Å²) >= 11 is 14.1. The highest BCUT2D eigenvalue weighted by molar-refractivity contribution is 8.00. The van der Waals surface area contributed by atoms with E-state index in [1.54, 1.807) is 17.0 Å². The number of halogens is 2. The summed E-state index contributed by atoms with van der Waals surface area (Å²) in [7, 11) is 0. The number of carbonyl (C=O) groups excluding carboxylic acids is 2. The van der Waals surface area contributed by atoms with E-state index in [0.717, 1.165) is 28.0 Å². The molecule has 0 unspecified atom stereocenters. The van der Waals surface area contributed by atoms with Crippen molar-refractivity contribution < 1.29 is 9.59 Å². The van der Waals surface area contributed by atoms with E-state index in [1.165, 1.54) is 11.8 Å². The highest BCUT2D eigenvalue weighted by atomic mass is 35.5. The van der Waals surface area contributed by atoms with Crippen LogP contribution in [-0.2, 0) is 22.6 Å². The number of hydrogen-bond donors (Lipinski definition) is 1. The van der Waals surface area contributed by atoms with Gasteiger partial charge in [0.2, 0.25) is 11.8 Å². The molecular weight excluding hydrogens is 511 g/mol. The Bertz CT molecular complexity index is 1160. The van der Waals surface area contributed by atoms with Gasteiger partial charge >= 0.3 is 0 Å². The molecule has 0 aliphatic rings. The molecule has 2 atom stereocenters. The zero-order chi connectivity index (χ0) is 26.1. The summed E-state index contributed by atoms with van der Waals surface area (Å²) in [5.41, 5.74) is 2.88. The first-order valence-corrected chi connectivity index (χ1v) is 13.8. The van der Waals surface area contributed by atoms with Crippen LogP contribution in [0.1, 0.15) is 37.0 Å². The zero-order valence-corrected chi connectivity index (χ0v) is 23.2. The maximum Gasteiger partial charge on any atom is 0.243 e. The molecular formula is C29H32Cl2N2O2S. The van der Waals surface area contributed by atoms with Crippen LogP contribution in [0.4, 0.5) is 0 Å². The Hall–Kier alpha value is -2.47. The molecule has 3 aromatic rings. The van der Waals surface area contributed by atoms with Gasteiger partial charge in [-0.2, -0.15) is 0 Å². The molecule has 36 heavy (non-hydrogen) atoms. The van der Waals surface area contributed by atoms with Crippen molar-refractivity contribution in [3.8, 4) is 0 Å². The van der Waals surface area contributed by atoms with Gasteiger partial charge in [0.15, 0.2) is 0 Å². The Morgan fingerprint density at radius 3 is 2.33 bits per heavy atom. The Kier molecular flexibility index (Phi) is 10.7. The topological polar surface area (TPSA) is 49.4 Å². The maximum atomic E-state index is 13.7. The Labute approximate surface area is 228 Å². The van der Waals surface area contributed by atoms with Crippen molar-refractivity contribution in [2.24, 2.45) is 0 Å². The minimum atomic E-state index is -0.695. The maximum absolute atomic E-state index is 13.7. The molecule has 2 amide bonds. The average molecular weight is 544 g/mol. The number of nitrogens with zero attached hydrogens (tertiary/aromatic N) is 1. The van der Waals surface area contributed by atoms with Gasteiger partial charge in [-0.15, -0.1) is 11.8 Å². The van der Waals surface area contributed by atoms with E-state index in [-0.39, 0.29) is 30.2 Å². The van der Waals surface area contributed by atoms with Crippen molar-refractivity contribution in [1.82, 2.24) is 10.2 Å². The summed E-state index contributed by atoms with van der Waals surface area (Å²) in [6.45, 7) is 6.22. The quantitative estimate of drug-likeness (QED) is 0.266. The van der Waals surface area contributed by atoms with Crippen LogP contribution < -0.4 is 5.32 Å². The summed E-state index contributed by atoms with van der Waals surface area (Å²) in [5, 5.41) is 4.07. The molecule has 0 bridgehead atoms. The zero-order valence-electron chi connectivity index (χ0n) is 20.8. The molecule has 0 aromatic heterocycles. The number of carbonyl (C=O) groups is 2. The summed E-state index contributed by atoms with van der Waals surface area (Å²) in [5.74, 6) is -0.102. The van der Waals surface area contributed by atoms with Crippen molar-refractivity contribution in [1.29, 1.82) is 0 Å². The number of thioether (sulfide) groups is 1. The fourth-order valence-corrected chi connectivity index (χ4v) is 4.94. The number of benzene rings is 3. The molecule has 7 heteroatoms. The molecule has 0 aliphatic carbocycles. The van der Waals surface area contributed by atoms with Gasteiger partial charge in [-0.25, -0.2) is 0 Å². The molecule has 0 saturated carbocycles. The van der Waals surface area contributed by atoms with Crippen molar-refractivity contribution in [3.05, 3.63) is 99.5 Å². The number of nitrogens with one attached hydrogen (secondary N) is 1. The van der Waals surface area contributed by atoms with Crippen LogP contribution >= 0.6 is 35.0 Å². The SMILES string of the molecule is CC[C@@H](C)NC(=O)[C@H](Cc1ccccc1)N(Cc1ccc(Cl)cc1Cl)C(=O)CSc1ccc(C)cc1. The second kappa shape index (κ2) is 13.7. The fourth-order valence-electron chi connectivity index (χ4n) is 3.69. The van der Waals surface area contributed by atoms with Crippen molar-refractivity contribution in [2.75, 3.05) is 5.75 Å². The number of amides is 2. The van der Waals surface area contributed by atoms with Gasteiger partial charge in [0.05, 0.1) is 5.75 Å². The van der Waals surface area contributed by atoms with E-state index < -0.39 is 6.04 Å². The predicted molar refractivity (Wildman–Crippen MR) is 151 cm³/mol. The molecule has 0 radical (unpaired) electrons. The van der Waals surface area contributed by atoms with Gasteiger partial charge in [-0.05, 0) is 55.7 Å². The van der Waals surface area contributed by atoms with Crippen LogP contribution in [0.2, 0.25) is 10.0 Å². The molecule has 0 spiro atoms. The standard InChI is InChI=1S/C29H32Cl2N2O2S/c1-4-21(3)32-29(35)27(16-22-8-6-5-7-9-22)33(18-23-12-13-24(30)17-26(23)31)28(34)19-36-25-14-10-20(2)11-15-25/h5-15,17,21,27H,4,16,18-19H2,1-3H3,(H,32,35)/t21-,27+/m1/s1. The summed E-state index contributed by atoms with van der Waals surface area (Å²) in [6.07, 6.45) is 1.19. The summed E-state index contributed by atoms with van der Waals surface area (Å²) in [4.78, 5) is 29.9.